The lowest BCUT2D eigenvalue weighted by molar-refractivity contribution is -0.145. The molecule has 1 heterocycles. The Labute approximate surface area is 113 Å². The SMILES string of the molecule is Cc1cn(CCCC(=O)OCc2ccccc2)cn1. The first-order valence-corrected chi connectivity index (χ1v) is 6.42. The molecule has 0 saturated heterocycles. The summed E-state index contributed by atoms with van der Waals surface area (Å²) in [5.74, 6) is -0.152. The van der Waals surface area contributed by atoms with E-state index < -0.39 is 0 Å². The van der Waals surface area contributed by atoms with E-state index in [-0.39, 0.29) is 5.97 Å². The maximum Gasteiger partial charge on any atom is 0.306 e. The number of esters is 1. The van der Waals surface area contributed by atoms with Gasteiger partial charge in [0.05, 0.1) is 12.0 Å². The molecular weight excluding hydrogens is 240 g/mol. The highest BCUT2D eigenvalue weighted by atomic mass is 16.5. The van der Waals surface area contributed by atoms with Crippen molar-refractivity contribution in [3.63, 3.8) is 0 Å². The highest BCUT2D eigenvalue weighted by molar-refractivity contribution is 5.69. The van der Waals surface area contributed by atoms with E-state index in [1.165, 1.54) is 0 Å². The average Bonchev–Trinajstić information content (AvgIpc) is 2.83. The predicted molar refractivity (Wildman–Crippen MR) is 72.4 cm³/mol. The molecule has 0 aliphatic heterocycles. The number of rotatable bonds is 6. The van der Waals surface area contributed by atoms with Gasteiger partial charge in [-0.1, -0.05) is 30.3 Å². The molecular formula is C15H18N2O2. The van der Waals surface area contributed by atoms with Crippen molar-refractivity contribution in [3.05, 3.63) is 54.1 Å². The van der Waals surface area contributed by atoms with Crippen molar-refractivity contribution in [2.45, 2.75) is 32.9 Å². The molecule has 0 spiro atoms. The van der Waals surface area contributed by atoms with E-state index >= 15 is 0 Å². The van der Waals surface area contributed by atoms with Crippen molar-refractivity contribution in [2.75, 3.05) is 0 Å². The molecule has 0 aliphatic rings. The molecule has 100 valence electrons. The Bertz CT molecular complexity index is 520. The Balaban J connectivity index is 1.65. The Hall–Kier alpha value is -2.10. The second-order valence-corrected chi connectivity index (χ2v) is 4.50. The molecule has 1 aromatic carbocycles. The summed E-state index contributed by atoms with van der Waals surface area (Å²) in [5, 5.41) is 0. The lowest BCUT2D eigenvalue weighted by Gasteiger charge is -2.05. The smallest absolute Gasteiger partial charge is 0.306 e. The summed E-state index contributed by atoms with van der Waals surface area (Å²) in [7, 11) is 0. The highest BCUT2D eigenvalue weighted by Crippen LogP contribution is 2.04. The molecule has 2 aromatic rings. The van der Waals surface area contributed by atoms with Crippen LogP contribution in [0.2, 0.25) is 0 Å². The number of imidazole rings is 1. The molecule has 4 heteroatoms. The molecule has 2 rings (SSSR count). The molecule has 0 N–H and O–H groups in total. The van der Waals surface area contributed by atoms with Crippen LogP contribution in [0.4, 0.5) is 0 Å². The molecule has 4 nitrogen and oxygen atoms in total. The number of hydrogen-bond donors (Lipinski definition) is 0. The van der Waals surface area contributed by atoms with Crippen LogP contribution in [-0.4, -0.2) is 15.5 Å². The van der Waals surface area contributed by atoms with E-state index in [1.54, 1.807) is 6.33 Å². The van der Waals surface area contributed by atoms with Gasteiger partial charge in [0.2, 0.25) is 0 Å². The van der Waals surface area contributed by atoms with Crippen molar-refractivity contribution < 1.29 is 9.53 Å². The van der Waals surface area contributed by atoms with Crippen LogP contribution in [0.1, 0.15) is 24.1 Å². The molecule has 1 aromatic heterocycles. The Morgan fingerprint density at radius 2 is 2.11 bits per heavy atom. The normalized spacial score (nSPS) is 10.4. The van der Waals surface area contributed by atoms with E-state index in [1.807, 2.05) is 48.0 Å². The molecule has 0 fully saturated rings. The van der Waals surface area contributed by atoms with Gasteiger partial charge in [0, 0.05) is 19.2 Å². The summed E-state index contributed by atoms with van der Waals surface area (Å²) >= 11 is 0. The minimum atomic E-state index is -0.152. The van der Waals surface area contributed by atoms with E-state index in [0.717, 1.165) is 24.2 Å². The fourth-order valence-electron chi connectivity index (χ4n) is 1.81. The monoisotopic (exact) mass is 258 g/mol. The predicted octanol–water partition coefficient (Wildman–Crippen LogP) is 2.72. The van der Waals surface area contributed by atoms with Gasteiger partial charge in [-0.15, -0.1) is 0 Å². The van der Waals surface area contributed by atoms with Gasteiger partial charge < -0.3 is 9.30 Å². The van der Waals surface area contributed by atoms with Gasteiger partial charge in [0.15, 0.2) is 0 Å². The largest absolute Gasteiger partial charge is 0.461 e. The molecule has 0 radical (unpaired) electrons. The first kappa shape index (κ1) is 13.3. The average molecular weight is 258 g/mol. The lowest BCUT2D eigenvalue weighted by atomic mass is 10.2. The van der Waals surface area contributed by atoms with Crippen LogP contribution in [0.25, 0.3) is 0 Å². The Morgan fingerprint density at radius 3 is 2.79 bits per heavy atom. The van der Waals surface area contributed by atoms with Gasteiger partial charge in [0.25, 0.3) is 0 Å². The molecule has 0 atom stereocenters. The minimum absolute atomic E-state index is 0.152. The summed E-state index contributed by atoms with van der Waals surface area (Å²) < 4.78 is 7.19. The van der Waals surface area contributed by atoms with Crippen LogP contribution < -0.4 is 0 Å². The quantitative estimate of drug-likeness (QED) is 0.748. The third-order valence-corrected chi connectivity index (χ3v) is 2.80. The van der Waals surface area contributed by atoms with Crippen LogP contribution in [0, 0.1) is 6.92 Å². The van der Waals surface area contributed by atoms with Gasteiger partial charge in [0.1, 0.15) is 6.61 Å². The number of carbonyl (C=O) groups is 1. The fraction of sp³-hybridized carbons (Fsp3) is 0.333. The molecule has 0 unspecified atom stereocenters. The van der Waals surface area contributed by atoms with Crippen molar-refractivity contribution in [1.82, 2.24) is 9.55 Å². The number of aryl methyl sites for hydroxylation is 2. The van der Waals surface area contributed by atoms with Crippen molar-refractivity contribution in [2.24, 2.45) is 0 Å². The molecule has 0 aliphatic carbocycles. The second-order valence-electron chi connectivity index (χ2n) is 4.50. The summed E-state index contributed by atoms with van der Waals surface area (Å²) in [6.07, 6.45) is 4.95. The number of aromatic nitrogens is 2. The first-order valence-electron chi connectivity index (χ1n) is 6.42. The lowest BCUT2D eigenvalue weighted by Crippen LogP contribution is -2.06. The Morgan fingerprint density at radius 1 is 1.32 bits per heavy atom. The van der Waals surface area contributed by atoms with Crippen LogP contribution in [0.15, 0.2) is 42.9 Å². The number of nitrogens with zero attached hydrogens (tertiary/aromatic N) is 2. The van der Waals surface area contributed by atoms with Crippen molar-refractivity contribution in [3.8, 4) is 0 Å². The van der Waals surface area contributed by atoms with E-state index in [4.69, 9.17) is 4.74 Å². The van der Waals surface area contributed by atoms with Crippen molar-refractivity contribution >= 4 is 5.97 Å². The zero-order chi connectivity index (χ0) is 13.5. The highest BCUT2D eigenvalue weighted by Gasteiger charge is 2.03. The van der Waals surface area contributed by atoms with Gasteiger partial charge in [-0.2, -0.15) is 0 Å². The third-order valence-electron chi connectivity index (χ3n) is 2.80. The summed E-state index contributed by atoms with van der Waals surface area (Å²) in [5.41, 5.74) is 2.01. The number of hydrogen-bond acceptors (Lipinski definition) is 3. The zero-order valence-corrected chi connectivity index (χ0v) is 11.1. The maximum atomic E-state index is 11.6. The van der Waals surface area contributed by atoms with Gasteiger partial charge in [-0.25, -0.2) is 4.98 Å². The van der Waals surface area contributed by atoms with Crippen LogP contribution in [0.5, 0.6) is 0 Å². The second kappa shape index (κ2) is 6.73. The molecule has 0 amide bonds. The molecule has 19 heavy (non-hydrogen) atoms. The summed E-state index contributed by atoms with van der Waals surface area (Å²) in [6, 6.07) is 9.70. The van der Waals surface area contributed by atoms with E-state index in [9.17, 15) is 4.79 Å². The van der Waals surface area contributed by atoms with Crippen LogP contribution in [-0.2, 0) is 22.7 Å². The summed E-state index contributed by atoms with van der Waals surface area (Å²) in [6.45, 7) is 3.09. The van der Waals surface area contributed by atoms with Gasteiger partial charge >= 0.3 is 5.97 Å². The number of ether oxygens (including phenoxy) is 1. The minimum Gasteiger partial charge on any atom is -0.461 e. The molecule has 0 saturated carbocycles. The van der Waals surface area contributed by atoms with E-state index in [0.29, 0.717) is 13.0 Å². The first-order chi connectivity index (χ1) is 9.24. The standard InChI is InChI=1S/C15H18N2O2/c1-13-10-17(12-16-13)9-5-8-15(18)19-11-14-6-3-2-4-7-14/h2-4,6-7,10,12H,5,8-9,11H2,1H3. The fourth-order valence-corrected chi connectivity index (χ4v) is 1.81. The Kier molecular flexibility index (Phi) is 4.72. The molecule has 0 bridgehead atoms. The van der Waals surface area contributed by atoms with Crippen molar-refractivity contribution in [1.29, 1.82) is 0 Å². The number of carbonyl (C=O) groups excluding carboxylic acids is 1. The van der Waals surface area contributed by atoms with Gasteiger partial charge in [-0.3, -0.25) is 4.79 Å². The van der Waals surface area contributed by atoms with Crippen LogP contribution in [0.3, 0.4) is 0 Å². The summed E-state index contributed by atoms with van der Waals surface area (Å²) in [4.78, 5) is 15.7. The van der Waals surface area contributed by atoms with E-state index in [2.05, 4.69) is 4.98 Å². The van der Waals surface area contributed by atoms with Crippen LogP contribution >= 0.6 is 0 Å². The zero-order valence-electron chi connectivity index (χ0n) is 11.1. The maximum absolute atomic E-state index is 11.6. The number of benzene rings is 1. The topological polar surface area (TPSA) is 44.1 Å². The third kappa shape index (κ3) is 4.58. The van der Waals surface area contributed by atoms with Gasteiger partial charge in [-0.05, 0) is 18.9 Å².